The van der Waals surface area contributed by atoms with Crippen molar-refractivity contribution in [3.05, 3.63) is 41.9 Å². The number of hydrogen-bond acceptors (Lipinski definition) is 4. The van der Waals surface area contributed by atoms with Crippen molar-refractivity contribution >= 4 is 11.7 Å². The number of amides is 1. The average Bonchev–Trinajstić information content (AvgIpc) is 3.31. The fourth-order valence-electron chi connectivity index (χ4n) is 4.19. The van der Waals surface area contributed by atoms with Crippen LogP contribution in [0.4, 0.5) is 5.82 Å². The Labute approximate surface area is 154 Å². The van der Waals surface area contributed by atoms with E-state index in [-0.39, 0.29) is 5.91 Å². The maximum Gasteiger partial charge on any atom is 0.257 e. The van der Waals surface area contributed by atoms with Crippen LogP contribution in [0.25, 0.3) is 0 Å². The van der Waals surface area contributed by atoms with Crippen molar-refractivity contribution in [2.45, 2.75) is 32.1 Å². The monoisotopic (exact) mass is 353 g/mol. The first-order valence-electron chi connectivity index (χ1n) is 9.67. The van der Waals surface area contributed by atoms with Crippen LogP contribution in [0, 0.1) is 5.92 Å². The molecule has 2 aliphatic heterocycles. The number of likely N-dealkylation sites (tertiary alicyclic amines) is 1. The lowest BCUT2D eigenvalue weighted by Crippen LogP contribution is -2.37. The minimum absolute atomic E-state index is 0.142. The molecule has 0 bridgehead atoms. The number of carbonyl (C=O) groups is 1. The van der Waals surface area contributed by atoms with Crippen molar-refractivity contribution in [3.63, 3.8) is 0 Å². The van der Waals surface area contributed by atoms with E-state index in [0.29, 0.717) is 5.92 Å². The number of pyridine rings is 1. The van der Waals surface area contributed by atoms with E-state index in [2.05, 4.69) is 21.2 Å². The number of rotatable bonds is 4. The molecule has 0 spiro atoms. The SMILES string of the molecule is Cn1cc(CC2CCN(c3ncccc3C(=O)N3CCCCC3)C2)cn1. The molecular weight excluding hydrogens is 326 g/mol. The molecule has 2 aromatic heterocycles. The zero-order chi connectivity index (χ0) is 17.9. The summed E-state index contributed by atoms with van der Waals surface area (Å²) in [6, 6.07) is 3.82. The fraction of sp³-hybridized carbons (Fsp3) is 0.550. The van der Waals surface area contributed by atoms with Gasteiger partial charge in [0, 0.05) is 45.6 Å². The predicted molar refractivity (Wildman–Crippen MR) is 101 cm³/mol. The van der Waals surface area contributed by atoms with Gasteiger partial charge in [-0.05, 0) is 55.7 Å². The second-order valence-electron chi connectivity index (χ2n) is 7.55. The van der Waals surface area contributed by atoms with Crippen molar-refractivity contribution in [3.8, 4) is 0 Å². The molecule has 0 N–H and O–H groups in total. The molecule has 4 heterocycles. The Morgan fingerprint density at radius 1 is 1.23 bits per heavy atom. The summed E-state index contributed by atoms with van der Waals surface area (Å²) in [7, 11) is 1.96. The van der Waals surface area contributed by atoms with Crippen molar-refractivity contribution < 1.29 is 4.79 Å². The summed E-state index contributed by atoms with van der Waals surface area (Å²) in [5.74, 6) is 1.58. The summed E-state index contributed by atoms with van der Waals surface area (Å²) >= 11 is 0. The highest BCUT2D eigenvalue weighted by Crippen LogP contribution is 2.28. The third-order valence-corrected chi connectivity index (χ3v) is 5.53. The number of nitrogens with zero attached hydrogens (tertiary/aromatic N) is 5. The Kier molecular flexibility index (Phi) is 4.91. The molecule has 6 nitrogen and oxygen atoms in total. The first-order valence-corrected chi connectivity index (χ1v) is 9.67. The maximum atomic E-state index is 13.0. The lowest BCUT2D eigenvalue weighted by atomic mass is 10.0. The minimum atomic E-state index is 0.142. The summed E-state index contributed by atoms with van der Waals surface area (Å²) in [5, 5.41) is 4.27. The van der Waals surface area contributed by atoms with Crippen molar-refractivity contribution in [1.29, 1.82) is 0 Å². The molecule has 2 aliphatic rings. The molecule has 26 heavy (non-hydrogen) atoms. The van der Waals surface area contributed by atoms with E-state index >= 15 is 0 Å². The molecule has 4 rings (SSSR count). The van der Waals surface area contributed by atoms with Crippen molar-refractivity contribution in [2.24, 2.45) is 13.0 Å². The van der Waals surface area contributed by atoms with Gasteiger partial charge in [-0.3, -0.25) is 9.48 Å². The summed E-state index contributed by atoms with van der Waals surface area (Å²) < 4.78 is 1.86. The molecule has 2 saturated heterocycles. The van der Waals surface area contributed by atoms with Crippen LogP contribution < -0.4 is 4.90 Å². The molecule has 1 unspecified atom stereocenters. The average molecular weight is 353 g/mol. The Morgan fingerprint density at radius 2 is 2.08 bits per heavy atom. The Balaban J connectivity index is 1.47. The highest BCUT2D eigenvalue weighted by atomic mass is 16.2. The van der Waals surface area contributed by atoms with Gasteiger partial charge in [0.1, 0.15) is 5.82 Å². The van der Waals surface area contributed by atoms with Crippen LogP contribution in [0.1, 0.15) is 41.6 Å². The van der Waals surface area contributed by atoms with Gasteiger partial charge in [0.2, 0.25) is 0 Å². The van der Waals surface area contributed by atoms with E-state index in [1.165, 1.54) is 12.0 Å². The van der Waals surface area contributed by atoms with Gasteiger partial charge in [0.15, 0.2) is 0 Å². The van der Waals surface area contributed by atoms with Crippen LogP contribution >= 0.6 is 0 Å². The van der Waals surface area contributed by atoms with E-state index in [1.54, 1.807) is 6.20 Å². The third kappa shape index (κ3) is 3.59. The largest absolute Gasteiger partial charge is 0.356 e. The molecule has 0 radical (unpaired) electrons. The molecular formula is C20H27N5O. The molecule has 2 aromatic rings. The smallest absolute Gasteiger partial charge is 0.257 e. The summed E-state index contributed by atoms with van der Waals surface area (Å²) in [4.78, 5) is 21.9. The number of piperidine rings is 1. The van der Waals surface area contributed by atoms with Crippen molar-refractivity contribution in [2.75, 3.05) is 31.1 Å². The second kappa shape index (κ2) is 7.48. The lowest BCUT2D eigenvalue weighted by molar-refractivity contribution is 0.0724. The summed E-state index contributed by atoms with van der Waals surface area (Å²) in [6.45, 7) is 3.65. The van der Waals surface area contributed by atoms with Gasteiger partial charge in [-0.25, -0.2) is 4.98 Å². The fourth-order valence-corrected chi connectivity index (χ4v) is 4.19. The quantitative estimate of drug-likeness (QED) is 0.847. The molecule has 138 valence electrons. The van der Waals surface area contributed by atoms with E-state index in [9.17, 15) is 4.79 Å². The number of aryl methyl sites for hydroxylation is 1. The second-order valence-corrected chi connectivity index (χ2v) is 7.55. The molecule has 2 fully saturated rings. The Hall–Kier alpha value is -2.37. The van der Waals surface area contributed by atoms with Crippen LogP contribution in [0.2, 0.25) is 0 Å². The van der Waals surface area contributed by atoms with E-state index in [1.807, 2.05) is 35.0 Å². The van der Waals surface area contributed by atoms with E-state index < -0.39 is 0 Å². The summed E-state index contributed by atoms with van der Waals surface area (Å²) in [6.07, 6.45) is 11.5. The highest BCUT2D eigenvalue weighted by molar-refractivity contribution is 5.99. The zero-order valence-electron chi connectivity index (χ0n) is 15.5. The lowest BCUT2D eigenvalue weighted by Gasteiger charge is -2.28. The van der Waals surface area contributed by atoms with Gasteiger partial charge in [-0.15, -0.1) is 0 Å². The van der Waals surface area contributed by atoms with Gasteiger partial charge >= 0.3 is 0 Å². The van der Waals surface area contributed by atoms with Gasteiger partial charge in [-0.2, -0.15) is 5.10 Å². The highest BCUT2D eigenvalue weighted by Gasteiger charge is 2.28. The Bertz CT molecular complexity index is 765. The van der Waals surface area contributed by atoms with Crippen LogP contribution in [-0.2, 0) is 13.5 Å². The minimum Gasteiger partial charge on any atom is -0.356 e. The number of hydrogen-bond donors (Lipinski definition) is 0. The van der Waals surface area contributed by atoms with Crippen molar-refractivity contribution in [1.82, 2.24) is 19.7 Å². The zero-order valence-corrected chi connectivity index (χ0v) is 15.5. The van der Waals surface area contributed by atoms with E-state index in [4.69, 9.17) is 0 Å². The molecule has 6 heteroatoms. The number of anilines is 1. The number of aromatic nitrogens is 3. The van der Waals surface area contributed by atoms with Crippen LogP contribution in [0.15, 0.2) is 30.7 Å². The molecule has 0 aliphatic carbocycles. The predicted octanol–water partition coefficient (Wildman–Crippen LogP) is 2.51. The van der Waals surface area contributed by atoms with Crippen LogP contribution in [0.3, 0.4) is 0 Å². The van der Waals surface area contributed by atoms with Gasteiger partial charge in [-0.1, -0.05) is 0 Å². The van der Waals surface area contributed by atoms with Gasteiger partial charge < -0.3 is 9.80 Å². The first kappa shape index (κ1) is 17.1. The standard InChI is InChI=1S/C20H27N5O/c1-23-14-17(13-22-23)12-16-7-11-25(15-16)19-18(6-5-8-21-19)20(26)24-9-3-2-4-10-24/h5-6,8,13-14,16H,2-4,7,9-12,15H2,1H3. The van der Waals surface area contributed by atoms with Gasteiger partial charge in [0.05, 0.1) is 11.8 Å². The first-order chi connectivity index (χ1) is 12.7. The maximum absolute atomic E-state index is 13.0. The van der Waals surface area contributed by atoms with Crippen LogP contribution in [0.5, 0.6) is 0 Å². The number of carbonyl (C=O) groups excluding carboxylic acids is 1. The molecule has 1 atom stereocenters. The molecule has 0 aromatic carbocycles. The topological polar surface area (TPSA) is 54.3 Å². The normalized spacial score (nSPS) is 20.6. The van der Waals surface area contributed by atoms with E-state index in [0.717, 1.165) is 63.2 Å². The third-order valence-electron chi connectivity index (χ3n) is 5.53. The van der Waals surface area contributed by atoms with Crippen LogP contribution in [-0.4, -0.2) is 51.8 Å². The van der Waals surface area contributed by atoms with Gasteiger partial charge in [0.25, 0.3) is 5.91 Å². The summed E-state index contributed by atoms with van der Waals surface area (Å²) in [5.41, 5.74) is 2.04. The molecule has 0 saturated carbocycles. The Morgan fingerprint density at radius 3 is 2.85 bits per heavy atom. The molecule has 1 amide bonds.